The van der Waals surface area contributed by atoms with Gasteiger partial charge in [-0.05, 0) is 151 Å². The first-order valence-electron chi connectivity index (χ1n) is 18.3. The summed E-state index contributed by atoms with van der Waals surface area (Å²) in [7, 11) is 0. The number of thiophene rings is 1. The molecule has 1 heteroatoms. The summed E-state index contributed by atoms with van der Waals surface area (Å²) >= 11 is 1.90. The summed E-state index contributed by atoms with van der Waals surface area (Å²) < 4.78 is 2.70. The SMILES string of the molecule is Cc1ccc2sc3c(-c4cccc(-c5cccc(-c6cc7cc(-c8ccccc8)ccc7c7ccc(-c8ccccc8)cc67)c5)c4)cc(C)cc3c2c1. The number of aryl methyl sites for hydroxylation is 2. The average molecular weight is 693 g/mol. The molecule has 0 spiro atoms. The first-order chi connectivity index (χ1) is 26.1. The summed E-state index contributed by atoms with van der Waals surface area (Å²) in [5, 5.41) is 7.76. The lowest BCUT2D eigenvalue weighted by molar-refractivity contribution is 1.50. The maximum Gasteiger partial charge on any atom is 0.0434 e. The smallest absolute Gasteiger partial charge is 0.0434 e. The van der Waals surface area contributed by atoms with Crippen molar-refractivity contribution in [3.63, 3.8) is 0 Å². The molecule has 0 saturated heterocycles. The van der Waals surface area contributed by atoms with Crippen molar-refractivity contribution in [2.45, 2.75) is 13.8 Å². The van der Waals surface area contributed by atoms with Crippen molar-refractivity contribution in [2.24, 2.45) is 0 Å². The number of fused-ring (bicyclic) bond motifs is 6. The third-order valence-corrected chi connectivity index (χ3v) is 11.9. The van der Waals surface area contributed by atoms with E-state index in [-0.39, 0.29) is 0 Å². The zero-order chi connectivity index (χ0) is 35.5. The molecule has 0 amide bonds. The number of rotatable bonds is 5. The van der Waals surface area contributed by atoms with Crippen molar-refractivity contribution in [1.82, 2.24) is 0 Å². The molecule has 0 unspecified atom stereocenters. The van der Waals surface area contributed by atoms with Crippen molar-refractivity contribution in [3.8, 4) is 55.6 Å². The summed E-state index contributed by atoms with van der Waals surface area (Å²) in [6, 6.07) is 67.5. The molecule has 1 heterocycles. The van der Waals surface area contributed by atoms with E-state index in [0.29, 0.717) is 0 Å². The first-order valence-corrected chi connectivity index (χ1v) is 19.1. The Labute approximate surface area is 314 Å². The predicted molar refractivity (Wildman–Crippen MR) is 231 cm³/mol. The summed E-state index contributed by atoms with van der Waals surface area (Å²) in [6.07, 6.45) is 0. The van der Waals surface area contributed by atoms with Crippen molar-refractivity contribution in [3.05, 3.63) is 193 Å². The highest BCUT2D eigenvalue weighted by molar-refractivity contribution is 7.26. The molecule has 0 saturated carbocycles. The topological polar surface area (TPSA) is 0 Å². The Bertz CT molecular complexity index is 3000. The molecule has 0 aliphatic rings. The molecule has 10 aromatic rings. The quantitative estimate of drug-likeness (QED) is 0.158. The van der Waals surface area contributed by atoms with Crippen LogP contribution < -0.4 is 0 Å². The Hall–Kier alpha value is -6.28. The summed E-state index contributed by atoms with van der Waals surface area (Å²) in [5.74, 6) is 0. The summed E-state index contributed by atoms with van der Waals surface area (Å²) in [4.78, 5) is 0. The molecule has 250 valence electrons. The van der Waals surface area contributed by atoms with Gasteiger partial charge < -0.3 is 0 Å². The van der Waals surface area contributed by atoms with Gasteiger partial charge in [-0.25, -0.2) is 0 Å². The Morgan fingerprint density at radius 1 is 0.302 bits per heavy atom. The second-order valence-electron chi connectivity index (χ2n) is 14.3. The van der Waals surface area contributed by atoms with E-state index in [0.717, 1.165) is 0 Å². The van der Waals surface area contributed by atoms with Gasteiger partial charge in [0.2, 0.25) is 0 Å². The molecule has 0 radical (unpaired) electrons. The molecular formula is C52H36S. The maximum atomic E-state index is 2.40. The fourth-order valence-electron chi connectivity index (χ4n) is 8.11. The molecule has 1 aromatic heterocycles. The van der Waals surface area contributed by atoms with E-state index in [4.69, 9.17) is 0 Å². The first kappa shape index (κ1) is 31.5. The van der Waals surface area contributed by atoms with E-state index in [1.165, 1.54) is 108 Å². The van der Waals surface area contributed by atoms with Crippen LogP contribution in [0.5, 0.6) is 0 Å². The van der Waals surface area contributed by atoms with E-state index >= 15 is 0 Å². The zero-order valence-corrected chi connectivity index (χ0v) is 30.5. The lowest BCUT2D eigenvalue weighted by Gasteiger charge is -2.15. The van der Waals surface area contributed by atoms with E-state index in [2.05, 4.69) is 196 Å². The highest BCUT2D eigenvalue weighted by atomic mass is 32.1. The summed E-state index contributed by atoms with van der Waals surface area (Å²) in [5.41, 5.74) is 15.0. The lowest BCUT2D eigenvalue weighted by Crippen LogP contribution is -1.89. The summed E-state index contributed by atoms with van der Waals surface area (Å²) in [6.45, 7) is 4.40. The van der Waals surface area contributed by atoms with E-state index < -0.39 is 0 Å². The van der Waals surface area contributed by atoms with Crippen LogP contribution in [0.15, 0.2) is 182 Å². The van der Waals surface area contributed by atoms with Crippen molar-refractivity contribution in [2.75, 3.05) is 0 Å². The lowest BCUT2D eigenvalue weighted by atomic mass is 9.89. The fraction of sp³-hybridized carbons (Fsp3) is 0.0385. The molecule has 0 aliphatic carbocycles. The van der Waals surface area contributed by atoms with Crippen LogP contribution in [0.4, 0.5) is 0 Å². The molecule has 0 nitrogen and oxygen atoms in total. The van der Waals surface area contributed by atoms with Crippen LogP contribution in [0.3, 0.4) is 0 Å². The van der Waals surface area contributed by atoms with Crippen LogP contribution in [-0.4, -0.2) is 0 Å². The molecule has 0 aliphatic heterocycles. The molecule has 0 atom stereocenters. The predicted octanol–water partition coefficient (Wildman–Crippen LogP) is 15.3. The Morgan fingerprint density at radius 3 is 1.57 bits per heavy atom. The normalized spacial score (nSPS) is 11.6. The number of benzene rings is 9. The third-order valence-electron chi connectivity index (χ3n) is 10.7. The third kappa shape index (κ3) is 5.62. The van der Waals surface area contributed by atoms with Crippen molar-refractivity contribution in [1.29, 1.82) is 0 Å². The van der Waals surface area contributed by atoms with Gasteiger partial charge in [0.15, 0.2) is 0 Å². The Balaban J connectivity index is 1.14. The van der Waals surface area contributed by atoms with Crippen LogP contribution in [0.25, 0.3) is 97.4 Å². The van der Waals surface area contributed by atoms with Gasteiger partial charge in [-0.15, -0.1) is 11.3 Å². The van der Waals surface area contributed by atoms with E-state index in [1.807, 2.05) is 11.3 Å². The second-order valence-corrected chi connectivity index (χ2v) is 15.4. The molecule has 9 aromatic carbocycles. The van der Waals surface area contributed by atoms with Crippen LogP contribution in [0.1, 0.15) is 11.1 Å². The number of hydrogen-bond acceptors (Lipinski definition) is 1. The number of hydrogen-bond donors (Lipinski definition) is 0. The molecule has 0 N–H and O–H groups in total. The van der Waals surface area contributed by atoms with Gasteiger partial charge in [-0.2, -0.15) is 0 Å². The Morgan fingerprint density at radius 2 is 0.868 bits per heavy atom. The highest BCUT2D eigenvalue weighted by Crippen LogP contribution is 2.43. The van der Waals surface area contributed by atoms with Crippen LogP contribution >= 0.6 is 11.3 Å². The minimum Gasteiger partial charge on any atom is -0.135 e. The average Bonchev–Trinajstić information content (AvgIpc) is 3.57. The van der Waals surface area contributed by atoms with Crippen LogP contribution in [-0.2, 0) is 0 Å². The molecule has 10 rings (SSSR count). The van der Waals surface area contributed by atoms with Gasteiger partial charge in [-0.1, -0.05) is 133 Å². The minimum atomic E-state index is 1.21. The monoisotopic (exact) mass is 692 g/mol. The van der Waals surface area contributed by atoms with Crippen molar-refractivity contribution < 1.29 is 0 Å². The highest BCUT2D eigenvalue weighted by Gasteiger charge is 2.15. The van der Waals surface area contributed by atoms with Gasteiger partial charge in [0, 0.05) is 20.2 Å². The van der Waals surface area contributed by atoms with Crippen molar-refractivity contribution >= 4 is 53.1 Å². The van der Waals surface area contributed by atoms with Crippen LogP contribution in [0, 0.1) is 13.8 Å². The molecular weight excluding hydrogens is 657 g/mol. The molecule has 0 bridgehead atoms. The Kier molecular flexibility index (Phi) is 7.56. The zero-order valence-electron chi connectivity index (χ0n) is 29.7. The molecule has 0 fully saturated rings. The van der Waals surface area contributed by atoms with E-state index in [1.54, 1.807) is 0 Å². The van der Waals surface area contributed by atoms with Gasteiger partial charge in [-0.3, -0.25) is 0 Å². The largest absolute Gasteiger partial charge is 0.135 e. The van der Waals surface area contributed by atoms with Gasteiger partial charge >= 0.3 is 0 Å². The maximum absolute atomic E-state index is 2.40. The molecule has 53 heavy (non-hydrogen) atoms. The minimum absolute atomic E-state index is 1.21. The van der Waals surface area contributed by atoms with Gasteiger partial charge in [0.05, 0.1) is 0 Å². The van der Waals surface area contributed by atoms with Gasteiger partial charge in [0.25, 0.3) is 0 Å². The van der Waals surface area contributed by atoms with Gasteiger partial charge in [0.1, 0.15) is 0 Å². The fourth-order valence-corrected chi connectivity index (χ4v) is 9.31. The van der Waals surface area contributed by atoms with Crippen LogP contribution in [0.2, 0.25) is 0 Å². The van der Waals surface area contributed by atoms with E-state index in [9.17, 15) is 0 Å². The standard InChI is InChI=1S/C52H36S/c1-33-19-24-51-49(25-33)50-27-34(2)26-47(52(50)53-51)42-18-10-16-38(29-42)37-15-9-17-41(28-37)46-32-43-30-39(35-11-5-3-6-12-35)20-22-44(43)45-23-21-40(31-48(45)46)36-13-7-4-8-14-36/h3-32H,1-2H3. The second kappa shape index (κ2) is 12.7.